The average molecular weight is 452 g/mol. The number of benzene rings is 1. The summed E-state index contributed by atoms with van der Waals surface area (Å²) in [5.41, 5.74) is 3.69. The van der Waals surface area contributed by atoms with E-state index < -0.39 is 5.82 Å². The first-order valence-corrected chi connectivity index (χ1v) is 11.7. The van der Waals surface area contributed by atoms with Gasteiger partial charge in [-0.25, -0.2) is 13.9 Å². The van der Waals surface area contributed by atoms with Crippen LogP contribution in [0, 0.1) is 25.6 Å². The predicted octanol–water partition coefficient (Wildman–Crippen LogP) is 3.67. The van der Waals surface area contributed by atoms with Crippen molar-refractivity contribution in [3.05, 3.63) is 58.7 Å². The van der Waals surface area contributed by atoms with Gasteiger partial charge < -0.3 is 14.9 Å². The Kier molecular flexibility index (Phi) is 5.56. The highest BCUT2D eigenvalue weighted by Gasteiger charge is 2.33. The van der Waals surface area contributed by atoms with Gasteiger partial charge >= 0.3 is 0 Å². The number of rotatable bonds is 3. The highest BCUT2D eigenvalue weighted by Crippen LogP contribution is 2.33. The number of fused-ring (bicyclic) bond motifs is 1. The van der Waals surface area contributed by atoms with Crippen LogP contribution in [0.3, 0.4) is 0 Å². The number of nitrogens with zero attached hydrogens (tertiary/aromatic N) is 5. The molecule has 33 heavy (non-hydrogen) atoms. The fraction of sp³-hybridized carbons (Fsp3) is 0.480. The van der Waals surface area contributed by atoms with Gasteiger partial charge in [-0.15, -0.1) is 0 Å². The number of amides is 1. The zero-order chi connectivity index (χ0) is 23.3. The number of carbonyl (C=O) groups is 1. The number of anilines is 1. The summed E-state index contributed by atoms with van der Waals surface area (Å²) < 4.78 is 15.6. The Hall–Kier alpha value is -3.00. The lowest BCUT2D eigenvalue weighted by Crippen LogP contribution is -2.39. The van der Waals surface area contributed by atoms with Crippen LogP contribution in [0.5, 0.6) is 0 Å². The van der Waals surface area contributed by atoms with Crippen LogP contribution >= 0.6 is 0 Å². The Labute approximate surface area is 192 Å². The minimum absolute atomic E-state index is 0.154. The third-order valence-electron chi connectivity index (χ3n) is 7.03. The number of halogens is 1. The third-order valence-corrected chi connectivity index (χ3v) is 7.03. The van der Waals surface area contributed by atoms with Gasteiger partial charge in [0.05, 0.1) is 17.8 Å². The average Bonchev–Trinajstić information content (AvgIpc) is 3.36. The number of aryl methyl sites for hydroxylation is 2. The molecule has 3 unspecified atom stereocenters. The molecular formula is C25H30FN5O2. The molecule has 7 nitrogen and oxygen atoms in total. The molecule has 2 aliphatic rings. The molecule has 0 spiro atoms. The zero-order valence-electron chi connectivity index (χ0n) is 19.3. The SMILES string of the molecule is Cc1ccc(F)cc1C(=O)N1CCCCC1c1cc2nc(N3CC(C)C(O)C3)c(C)cn2n1. The molecule has 3 aromatic rings. The summed E-state index contributed by atoms with van der Waals surface area (Å²) in [4.78, 5) is 22.2. The standard InChI is InChI=1S/C25H30FN5O2/c1-15-7-8-18(26)10-19(15)25(33)30-9-5-4-6-21(30)20-11-23-27-24(17(3)13-31(23)28-20)29-12-16(2)22(32)14-29/h7-8,10-11,13,16,21-22,32H,4-6,9,12,14H2,1-3H3. The summed E-state index contributed by atoms with van der Waals surface area (Å²) in [7, 11) is 0. The normalized spacial score (nSPS) is 23.5. The lowest BCUT2D eigenvalue weighted by Gasteiger charge is -2.35. The van der Waals surface area contributed by atoms with Crippen molar-refractivity contribution in [2.45, 2.75) is 52.2 Å². The van der Waals surface area contributed by atoms with E-state index in [1.807, 2.05) is 37.9 Å². The molecule has 174 valence electrons. The second-order valence-corrected chi connectivity index (χ2v) is 9.54. The highest BCUT2D eigenvalue weighted by molar-refractivity contribution is 5.96. The van der Waals surface area contributed by atoms with Crippen LogP contribution in [0.2, 0.25) is 0 Å². The minimum Gasteiger partial charge on any atom is -0.391 e. The van der Waals surface area contributed by atoms with E-state index in [4.69, 9.17) is 10.1 Å². The molecule has 4 heterocycles. The number of hydrogen-bond acceptors (Lipinski definition) is 5. The number of aliphatic hydroxyl groups excluding tert-OH is 1. The molecule has 2 saturated heterocycles. The molecule has 1 aromatic carbocycles. The monoisotopic (exact) mass is 451 g/mol. The van der Waals surface area contributed by atoms with Gasteiger partial charge in [0.25, 0.3) is 5.91 Å². The number of β-amino-alcohol motifs (C(OH)–C–C–N with tert-alkyl or cyclic N) is 1. The van der Waals surface area contributed by atoms with Crippen molar-refractivity contribution in [3.63, 3.8) is 0 Å². The molecule has 1 amide bonds. The maximum atomic E-state index is 13.9. The van der Waals surface area contributed by atoms with Gasteiger partial charge in [0.1, 0.15) is 11.6 Å². The number of carbonyl (C=O) groups excluding carboxylic acids is 1. The first-order valence-electron chi connectivity index (χ1n) is 11.7. The van der Waals surface area contributed by atoms with Crippen molar-refractivity contribution in [3.8, 4) is 0 Å². The molecule has 5 rings (SSSR count). The molecule has 2 aliphatic heterocycles. The van der Waals surface area contributed by atoms with E-state index in [-0.39, 0.29) is 24.0 Å². The second kappa shape index (κ2) is 8.41. The quantitative estimate of drug-likeness (QED) is 0.658. The second-order valence-electron chi connectivity index (χ2n) is 9.54. The van der Waals surface area contributed by atoms with Gasteiger partial charge in [0, 0.05) is 48.9 Å². The van der Waals surface area contributed by atoms with Crippen molar-refractivity contribution in [2.75, 3.05) is 24.5 Å². The summed E-state index contributed by atoms with van der Waals surface area (Å²) in [5, 5.41) is 15.0. The van der Waals surface area contributed by atoms with E-state index in [9.17, 15) is 14.3 Å². The highest BCUT2D eigenvalue weighted by atomic mass is 19.1. The molecule has 0 aliphatic carbocycles. The summed E-state index contributed by atoms with van der Waals surface area (Å²) in [6, 6.07) is 6.14. The Morgan fingerprint density at radius 2 is 1.97 bits per heavy atom. The molecule has 0 radical (unpaired) electrons. The molecule has 2 fully saturated rings. The maximum absolute atomic E-state index is 13.9. The summed E-state index contributed by atoms with van der Waals surface area (Å²) in [6.07, 6.45) is 4.34. The van der Waals surface area contributed by atoms with Crippen LogP contribution in [0.15, 0.2) is 30.5 Å². The van der Waals surface area contributed by atoms with Crippen molar-refractivity contribution >= 4 is 17.4 Å². The van der Waals surface area contributed by atoms with Crippen LogP contribution in [-0.4, -0.2) is 56.2 Å². The summed E-state index contributed by atoms with van der Waals surface area (Å²) in [5.74, 6) is 0.512. The lowest BCUT2D eigenvalue weighted by molar-refractivity contribution is 0.0604. The molecule has 3 atom stereocenters. The van der Waals surface area contributed by atoms with Crippen molar-refractivity contribution in [1.82, 2.24) is 19.5 Å². The maximum Gasteiger partial charge on any atom is 0.254 e. The molecule has 0 saturated carbocycles. The van der Waals surface area contributed by atoms with Crippen molar-refractivity contribution < 1.29 is 14.3 Å². The van der Waals surface area contributed by atoms with Gasteiger partial charge in [-0.3, -0.25) is 4.79 Å². The van der Waals surface area contributed by atoms with Gasteiger partial charge in [-0.1, -0.05) is 13.0 Å². The molecular weight excluding hydrogens is 421 g/mol. The molecule has 2 aromatic heterocycles. The van der Waals surface area contributed by atoms with Crippen LogP contribution < -0.4 is 4.90 Å². The molecule has 0 bridgehead atoms. The Bertz CT molecular complexity index is 1200. The number of hydrogen-bond donors (Lipinski definition) is 1. The first kappa shape index (κ1) is 21.8. The Morgan fingerprint density at radius 1 is 1.15 bits per heavy atom. The molecule has 8 heteroatoms. The third kappa shape index (κ3) is 3.97. The van der Waals surface area contributed by atoms with E-state index in [2.05, 4.69) is 4.90 Å². The molecule has 1 N–H and O–H groups in total. The smallest absolute Gasteiger partial charge is 0.254 e. The van der Waals surface area contributed by atoms with E-state index in [1.165, 1.54) is 12.1 Å². The fourth-order valence-corrected chi connectivity index (χ4v) is 5.09. The van der Waals surface area contributed by atoms with E-state index in [1.54, 1.807) is 10.6 Å². The topological polar surface area (TPSA) is 74.0 Å². The number of piperidine rings is 1. The van der Waals surface area contributed by atoms with Crippen molar-refractivity contribution in [1.29, 1.82) is 0 Å². The number of aliphatic hydroxyl groups is 1. The van der Waals surface area contributed by atoms with Crippen LogP contribution in [-0.2, 0) is 0 Å². The van der Waals surface area contributed by atoms with Gasteiger partial charge in [0.15, 0.2) is 5.65 Å². The summed E-state index contributed by atoms with van der Waals surface area (Å²) in [6.45, 7) is 7.84. The minimum atomic E-state index is -0.404. The first-order chi connectivity index (χ1) is 15.8. The Morgan fingerprint density at radius 3 is 2.73 bits per heavy atom. The number of aromatic nitrogens is 3. The predicted molar refractivity (Wildman–Crippen MR) is 124 cm³/mol. The van der Waals surface area contributed by atoms with E-state index in [0.717, 1.165) is 54.1 Å². The van der Waals surface area contributed by atoms with Gasteiger partial charge in [-0.2, -0.15) is 5.10 Å². The van der Waals surface area contributed by atoms with Gasteiger partial charge in [-0.05, 0) is 50.8 Å². The van der Waals surface area contributed by atoms with Crippen LogP contribution in [0.4, 0.5) is 10.2 Å². The van der Waals surface area contributed by atoms with E-state index >= 15 is 0 Å². The van der Waals surface area contributed by atoms with Crippen molar-refractivity contribution in [2.24, 2.45) is 5.92 Å². The van der Waals surface area contributed by atoms with E-state index in [0.29, 0.717) is 18.7 Å². The number of likely N-dealkylation sites (tertiary alicyclic amines) is 1. The lowest BCUT2D eigenvalue weighted by atomic mass is 9.97. The van der Waals surface area contributed by atoms with Crippen LogP contribution in [0.1, 0.15) is 59.4 Å². The summed E-state index contributed by atoms with van der Waals surface area (Å²) >= 11 is 0. The van der Waals surface area contributed by atoms with Gasteiger partial charge in [0.2, 0.25) is 0 Å². The Balaban J connectivity index is 1.48. The zero-order valence-corrected chi connectivity index (χ0v) is 19.3. The fourth-order valence-electron chi connectivity index (χ4n) is 5.09. The largest absolute Gasteiger partial charge is 0.391 e. The van der Waals surface area contributed by atoms with Crippen LogP contribution in [0.25, 0.3) is 5.65 Å².